The van der Waals surface area contributed by atoms with E-state index in [1.807, 2.05) is 0 Å². The van der Waals surface area contributed by atoms with Crippen LogP contribution in [0.5, 0.6) is 0 Å². The van der Waals surface area contributed by atoms with Gasteiger partial charge in [0.15, 0.2) is 0 Å². The molecule has 1 aromatic rings. The Balaban J connectivity index is 1.59. The summed E-state index contributed by atoms with van der Waals surface area (Å²) in [7, 11) is 0. The van der Waals surface area contributed by atoms with E-state index in [0.29, 0.717) is 31.1 Å². The number of carbonyl (C=O) groups is 1. The molecule has 0 amide bonds. The number of benzene rings is 1. The van der Waals surface area contributed by atoms with Crippen molar-refractivity contribution in [3.8, 4) is 0 Å². The first-order chi connectivity index (χ1) is 13.0. The molecule has 150 valence electrons. The number of hydrogen-bond donors (Lipinski definition) is 0. The Morgan fingerprint density at radius 2 is 1.78 bits per heavy atom. The first-order valence-corrected chi connectivity index (χ1v) is 10.9. The Morgan fingerprint density at radius 1 is 1.07 bits per heavy atom. The molecule has 1 saturated carbocycles. The third kappa shape index (κ3) is 5.42. The van der Waals surface area contributed by atoms with Gasteiger partial charge in [-0.25, -0.2) is 0 Å². The normalized spacial score (nSPS) is 27.0. The van der Waals surface area contributed by atoms with Crippen LogP contribution in [0.1, 0.15) is 76.8 Å². The number of likely N-dealkylation sites (tertiary alicyclic amines) is 1. The van der Waals surface area contributed by atoms with Crippen LogP contribution in [0.15, 0.2) is 24.3 Å². The summed E-state index contributed by atoms with van der Waals surface area (Å²) in [6.07, 6.45) is 9.36. The molecule has 3 rings (SSSR count). The van der Waals surface area contributed by atoms with Gasteiger partial charge in [-0.1, -0.05) is 51.5 Å². The number of hydrogen-bond acceptors (Lipinski definition) is 3. The molecule has 0 aromatic heterocycles. The fourth-order valence-corrected chi connectivity index (χ4v) is 4.86. The summed E-state index contributed by atoms with van der Waals surface area (Å²) in [6, 6.07) is 9.48. The Kier molecular flexibility index (Phi) is 7.10. The number of rotatable bonds is 7. The summed E-state index contributed by atoms with van der Waals surface area (Å²) in [5, 5.41) is 0. The van der Waals surface area contributed by atoms with Gasteiger partial charge in [0, 0.05) is 18.4 Å². The van der Waals surface area contributed by atoms with Gasteiger partial charge in [0.1, 0.15) is 6.29 Å². The largest absolute Gasteiger partial charge is 0.373 e. The van der Waals surface area contributed by atoms with Crippen LogP contribution in [0.25, 0.3) is 0 Å². The maximum absolute atomic E-state index is 11.0. The van der Waals surface area contributed by atoms with Gasteiger partial charge in [-0.15, -0.1) is 0 Å². The first-order valence-electron chi connectivity index (χ1n) is 10.9. The second kappa shape index (κ2) is 9.34. The Labute approximate surface area is 165 Å². The van der Waals surface area contributed by atoms with E-state index in [1.54, 1.807) is 0 Å². The van der Waals surface area contributed by atoms with Crippen molar-refractivity contribution in [1.82, 2.24) is 4.90 Å². The summed E-state index contributed by atoms with van der Waals surface area (Å²) >= 11 is 0. The van der Waals surface area contributed by atoms with Crippen LogP contribution in [-0.4, -0.2) is 36.4 Å². The Hall–Kier alpha value is -1.19. The lowest BCUT2D eigenvalue weighted by atomic mass is 9.87. The summed E-state index contributed by atoms with van der Waals surface area (Å²) in [6.45, 7) is 9.87. The molecule has 0 spiro atoms. The van der Waals surface area contributed by atoms with Crippen molar-refractivity contribution >= 4 is 6.29 Å². The molecule has 1 aliphatic carbocycles. The van der Waals surface area contributed by atoms with Gasteiger partial charge >= 0.3 is 0 Å². The lowest BCUT2D eigenvalue weighted by molar-refractivity contribution is -0.108. The SMILES string of the molecule is CC(C)(C)c1ccc(CO[C@@H]2CC[C@@H](N3CCCCC3)[C@@H]2CCC=O)cc1. The van der Waals surface area contributed by atoms with Crippen LogP contribution >= 0.6 is 0 Å². The molecule has 0 radical (unpaired) electrons. The van der Waals surface area contributed by atoms with Crippen molar-refractivity contribution < 1.29 is 9.53 Å². The van der Waals surface area contributed by atoms with Gasteiger partial charge in [-0.2, -0.15) is 0 Å². The first kappa shape index (κ1) is 20.5. The number of ether oxygens (including phenoxy) is 1. The van der Waals surface area contributed by atoms with Crippen LogP contribution in [-0.2, 0) is 21.6 Å². The highest BCUT2D eigenvalue weighted by Crippen LogP contribution is 2.37. The fraction of sp³-hybridized carbons (Fsp3) is 0.708. The highest BCUT2D eigenvalue weighted by atomic mass is 16.5. The van der Waals surface area contributed by atoms with Gasteiger partial charge in [-0.3, -0.25) is 0 Å². The standard InChI is InChI=1S/C24H37NO2/c1-24(2,3)20-11-9-19(10-12-20)18-27-23-14-13-22(21(23)8-7-17-26)25-15-5-4-6-16-25/h9-12,17,21-23H,4-8,13-16,18H2,1-3H3/t21-,22+,23+/m0/s1. The molecule has 1 heterocycles. The average Bonchev–Trinajstić information content (AvgIpc) is 3.07. The topological polar surface area (TPSA) is 29.5 Å². The number of nitrogens with zero attached hydrogens (tertiary/aromatic N) is 1. The molecule has 3 atom stereocenters. The smallest absolute Gasteiger partial charge is 0.120 e. The second-order valence-corrected chi connectivity index (χ2v) is 9.45. The molecule has 27 heavy (non-hydrogen) atoms. The molecular formula is C24H37NO2. The van der Waals surface area contributed by atoms with E-state index in [4.69, 9.17) is 4.74 Å². The zero-order valence-corrected chi connectivity index (χ0v) is 17.5. The molecule has 1 saturated heterocycles. The van der Waals surface area contributed by atoms with E-state index in [1.165, 1.54) is 49.9 Å². The van der Waals surface area contributed by atoms with Gasteiger partial charge < -0.3 is 14.4 Å². The molecule has 1 aromatic carbocycles. The molecular weight excluding hydrogens is 334 g/mol. The van der Waals surface area contributed by atoms with Crippen molar-refractivity contribution in [2.45, 2.75) is 89.9 Å². The van der Waals surface area contributed by atoms with E-state index < -0.39 is 0 Å². The van der Waals surface area contributed by atoms with Gasteiger partial charge in [0.25, 0.3) is 0 Å². The third-order valence-electron chi connectivity index (χ3n) is 6.48. The summed E-state index contributed by atoms with van der Waals surface area (Å²) < 4.78 is 6.40. The van der Waals surface area contributed by atoms with Crippen LogP contribution in [0.2, 0.25) is 0 Å². The predicted octanol–water partition coefficient (Wildman–Crippen LogP) is 5.11. The minimum absolute atomic E-state index is 0.187. The van der Waals surface area contributed by atoms with E-state index >= 15 is 0 Å². The van der Waals surface area contributed by atoms with E-state index in [-0.39, 0.29) is 5.41 Å². The van der Waals surface area contributed by atoms with E-state index in [2.05, 4.69) is 49.9 Å². The predicted molar refractivity (Wildman–Crippen MR) is 111 cm³/mol. The van der Waals surface area contributed by atoms with Gasteiger partial charge in [0.2, 0.25) is 0 Å². The maximum Gasteiger partial charge on any atom is 0.120 e. The summed E-state index contributed by atoms with van der Waals surface area (Å²) in [4.78, 5) is 13.7. The van der Waals surface area contributed by atoms with Gasteiger partial charge in [-0.05, 0) is 61.7 Å². The molecule has 0 N–H and O–H groups in total. The van der Waals surface area contributed by atoms with Crippen molar-refractivity contribution in [3.05, 3.63) is 35.4 Å². The van der Waals surface area contributed by atoms with E-state index in [9.17, 15) is 4.79 Å². The van der Waals surface area contributed by atoms with Crippen molar-refractivity contribution in [2.24, 2.45) is 5.92 Å². The Bertz CT molecular complexity index is 583. The highest BCUT2D eigenvalue weighted by molar-refractivity contribution is 5.49. The van der Waals surface area contributed by atoms with Crippen LogP contribution < -0.4 is 0 Å². The third-order valence-corrected chi connectivity index (χ3v) is 6.48. The quantitative estimate of drug-likeness (QED) is 0.624. The zero-order valence-electron chi connectivity index (χ0n) is 17.5. The van der Waals surface area contributed by atoms with Gasteiger partial charge in [0.05, 0.1) is 12.7 Å². The minimum Gasteiger partial charge on any atom is -0.373 e. The maximum atomic E-state index is 11.0. The molecule has 1 aliphatic heterocycles. The van der Waals surface area contributed by atoms with Crippen molar-refractivity contribution in [3.63, 3.8) is 0 Å². The lowest BCUT2D eigenvalue weighted by Gasteiger charge is -2.36. The molecule has 2 aliphatic rings. The van der Waals surface area contributed by atoms with Crippen molar-refractivity contribution in [1.29, 1.82) is 0 Å². The van der Waals surface area contributed by atoms with Crippen LogP contribution in [0, 0.1) is 5.92 Å². The second-order valence-electron chi connectivity index (χ2n) is 9.45. The molecule has 3 nitrogen and oxygen atoms in total. The summed E-state index contributed by atoms with van der Waals surface area (Å²) in [5.41, 5.74) is 2.80. The number of carbonyl (C=O) groups excluding carboxylic acids is 1. The monoisotopic (exact) mass is 371 g/mol. The molecule has 2 fully saturated rings. The lowest BCUT2D eigenvalue weighted by Crippen LogP contribution is -2.43. The van der Waals surface area contributed by atoms with Crippen molar-refractivity contribution in [2.75, 3.05) is 13.1 Å². The summed E-state index contributed by atoms with van der Waals surface area (Å²) in [5.74, 6) is 0.502. The van der Waals surface area contributed by atoms with Crippen LogP contribution in [0.3, 0.4) is 0 Å². The number of piperidine rings is 1. The highest BCUT2D eigenvalue weighted by Gasteiger charge is 2.39. The molecule has 0 unspecified atom stereocenters. The van der Waals surface area contributed by atoms with Crippen LogP contribution in [0.4, 0.5) is 0 Å². The average molecular weight is 372 g/mol. The zero-order chi connectivity index (χ0) is 19.3. The molecule has 0 bridgehead atoms. The number of aldehydes is 1. The minimum atomic E-state index is 0.187. The van der Waals surface area contributed by atoms with E-state index in [0.717, 1.165) is 19.1 Å². The Morgan fingerprint density at radius 3 is 2.41 bits per heavy atom. The fourth-order valence-electron chi connectivity index (χ4n) is 4.86. The molecule has 3 heteroatoms.